The first-order valence-electron chi connectivity index (χ1n) is 15.3. The number of anilines is 1. The van der Waals surface area contributed by atoms with Crippen LogP contribution in [0.2, 0.25) is 5.02 Å². The van der Waals surface area contributed by atoms with Crippen molar-refractivity contribution in [2.75, 3.05) is 5.32 Å². The quantitative estimate of drug-likeness (QED) is 0.142. The summed E-state index contributed by atoms with van der Waals surface area (Å²) >= 11 is 6.29. The number of benzene rings is 3. The Morgan fingerprint density at radius 1 is 1.07 bits per heavy atom. The van der Waals surface area contributed by atoms with Crippen LogP contribution in [-0.4, -0.2) is 42.4 Å². The molecule has 0 radical (unpaired) electrons. The highest BCUT2D eigenvalue weighted by atomic mass is 35.5. The van der Waals surface area contributed by atoms with E-state index in [-0.39, 0.29) is 11.3 Å². The monoisotopic (exact) mass is 609 g/mol. The molecule has 2 heterocycles. The smallest absolute Gasteiger partial charge is 0.224 e. The second kappa shape index (κ2) is 13.1. The second-order valence-corrected chi connectivity index (χ2v) is 12.3. The van der Waals surface area contributed by atoms with Gasteiger partial charge in [-0.25, -0.2) is 10.1 Å². The van der Waals surface area contributed by atoms with Crippen LogP contribution in [0.25, 0.3) is 33.5 Å². The predicted molar refractivity (Wildman–Crippen MR) is 172 cm³/mol. The number of nitrogens with one attached hydrogen (secondary N) is 2. The zero-order valence-corrected chi connectivity index (χ0v) is 25.6. The number of aromatic amines is 1. The van der Waals surface area contributed by atoms with Crippen LogP contribution in [0.3, 0.4) is 0 Å². The molecular weight excluding hydrogens is 574 g/mol. The minimum absolute atomic E-state index is 0.0383. The molecule has 10 heteroatoms. The molecule has 226 valence electrons. The van der Waals surface area contributed by atoms with Crippen LogP contribution >= 0.6 is 11.6 Å². The largest absolute Gasteiger partial charge is 0.326 e. The lowest BCUT2D eigenvalue weighted by Crippen LogP contribution is -2.25. The molecule has 0 unspecified atom stereocenters. The summed E-state index contributed by atoms with van der Waals surface area (Å²) in [5.41, 5.74) is 6.41. The van der Waals surface area contributed by atoms with E-state index < -0.39 is 0 Å². The van der Waals surface area contributed by atoms with E-state index in [0.29, 0.717) is 30.2 Å². The lowest BCUT2D eigenvalue weighted by molar-refractivity contribution is -0.119. The molecule has 1 aliphatic rings. The van der Waals surface area contributed by atoms with Crippen molar-refractivity contribution in [3.05, 3.63) is 77.1 Å². The van der Waals surface area contributed by atoms with Gasteiger partial charge in [0.25, 0.3) is 0 Å². The number of unbranched alkanes of at least 4 members (excludes halogenated alkanes) is 1. The molecular formula is C34H36ClN7O2. The molecule has 1 fully saturated rings. The van der Waals surface area contributed by atoms with Crippen LogP contribution in [0.4, 0.5) is 5.69 Å². The SMILES string of the molecule is CCCCc1nc2ccc(NC(=O)CC3(CC=O)CCCC3)cc2n1Cc1ccc(-c2ccc(Cl)cc2-c2nnn[nH]2)cc1. The molecule has 2 aromatic heterocycles. The molecule has 1 amide bonds. The number of imidazole rings is 1. The van der Waals surface area contributed by atoms with E-state index in [2.05, 4.69) is 61.7 Å². The molecule has 0 aliphatic heterocycles. The molecule has 1 saturated carbocycles. The highest BCUT2D eigenvalue weighted by Gasteiger charge is 2.35. The van der Waals surface area contributed by atoms with Crippen molar-refractivity contribution in [3.63, 3.8) is 0 Å². The van der Waals surface area contributed by atoms with E-state index in [4.69, 9.17) is 16.6 Å². The Balaban J connectivity index is 1.26. The second-order valence-electron chi connectivity index (χ2n) is 11.9. The predicted octanol–water partition coefficient (Wildman–Crippen LogP) is 7.41. The van der Waals surface area contributed by atoms with E-state index in [1.54, 1.807) is 0 Å². The number of amides is 1. The first-order valence-corrected chi connectivity index (χ1v) is 15.7. The highest BCUT2D eigenvalue weighted by Crippen LogP contribution is 2.43. The minimum atomic E-state index is -0.199. The summed E-state index contributed by atoms with van der Waals surface area (Å²) in [5, 5.41) is 18.1. The topological polar surface area (TPSA) is 118 Å². The van der Waals surface area contributed by atoms with Crippen molar-refractivity contribution in [3.8, 4) is 22.5 Å². The molecule has 0 saturated heterocycles. The zero-order valence-electron chi connectivity index (χ0n) is 24.9. The number of fused-ring (bicyclic) bond motifs is 1. The van der Waals surface area contributed by atoms with Gasteiger partial charge in [-0.05, 0) is 82.1 Å². The maximum absolute atomic E-state index is 13.1. The van der Waals surface area contributed by atoms with Gasteiger partial charge in [0.1, 0.15) is 12.1 Å². The van der Waals surface area contributed by atoms with Crippen molar-refractivity contribution >= 4 is 40.5 Å². The summed E-state index contributed by atoms with van der Waals surface area (Å²) in [6.45, 7) is 2.83. The number of hydrogen-bond acceptors (Lipinski definition) is 6. The Kier molecular flexibility index (Phi) is 8.84. The van der Waals surface area contributed by atoms with Crippen molar-refractivity contribution in [2.45, 2.75) is 71.3 Å². The molecule has 2 N–H and O–H groups in total. The normalized spacial score (nSPS) is 14.2. The van der Waals surface area contributed by atoms with E-state index >= 15 is 0 Å². The number of H-pyrrole nitrogens is 1. The average Bonchev–Trinajstić information content (AvgIpc) is 3.78. The third-order valence-corrected chi connectivity index (χ3v) is 9.00. The molecule has 3 aromatic carbocycles. The van der Waals surface area contributed by atoms with Gasteiger partial charge in [-0.3, -0.25) is 4.79 Å². The Hall–Kier alpha value is -4.37. The molecule has 1 aliphatic carbocycles. The zero-order chi connectivity index (χ0) is 30.5. The first kappa shape index (κ1) is 29.7. The van der Waals surface area contributed by atoms with Crippen molar-refractivity contribution in [1.29, 1.82) is 0 Å². The van der Waals surface area contributed by atoms with E-state index in [0.717, 1.165) is 96.0 Å². The Bertz CT molecular complexity index is 1760. The summed E-state index contributed by atoms with van der Waals surface area (Å²) in [7, 11) is 0. The summed E-state index contributed by atoms with van der Waals surface area (Å²) in [4.78, 5) is 29.4. The van der Waals surface area contributed by atoms with Crippen LogP contribution in [0.5, 0.6) is 0 Å². The van der Waals surface area contributed by atoms with Gasteiger partial charge in [0.15, 0.2) is 5.82 Å². The Morgan fingerprint density at radius 2 is 1.89 bits per heavy atom. The van der Waals surface area contributed by atoms with Gasteiger partial charge in [0.05, 0.1) is 11.0 Å². The van der Waals surface area contributed by atoms with Crippen LogP contribution in [0, 0.1) is 5.41 Å². The summed E-state index contributed by atoms with van der Waals surface area (Å²) in [6, 6.07) is 20.1. The van der Waals surface area contributed by atoms with Gasteiger partial charge >= 0.3 is 0 Å². The molecule has 0 bridgehead atoms. The third kappa shape index (κ3) is 6.43. The number of hydrogen-bond donors (Lipinski definition) is 2. The number of rotatable bonds is 12. The van der Waals surface area contributed by atoms with Gasteiger partial charge in [0, 0.05) is 42.1 Å². The minimum Gasteiger partial charge on any atom is -0.326 e. The Labute approximate surface area is 261 Å². The highest BCUT2D eigenvalue weighted by molar-refractivity contribution is 6.31. The fourth-order valence-corrected chi connectivity index (χ4v) is 6.63. The van der Waals surface area contributed by atoms with Gasteiger partial charge in [0.2, 0.25) is 5.91 Å². The number of aromatic nitrogens is 6. The number of tetrazole rings is 1. The fourth-order valence-electron chi connectivity index (χ4n) is 6.46. The van der Waals surface area contributed by atoms with Gasteiger partial charge in [-0.1, -0.05) is 68.1 Å². The first-order chi connectivity index (χ1) is 21.5. The van der Waals surface area contributed by atoms with Gasteiger partial charge < -0.3 is 14.7 Å². The van der Waals surface area contributed by atoms with E-state index in [1.807, 2.05) is 36.4 Å². The third-order valence-electron chi connectivity index (χ3n) is 8.77. The molecule has 5 aromatic rings. The molecule has 6 rings (SSSR count). The van der Waals surface area contributed by atoms with Crippen molar-refractivity contribution < 1.29 is 9.59 Å². The van der Waals surface area contributed by atoms with Gasteiger partial charge in [-0.2, -0.15) is 0 Å². The molecule has 44 heavy (non-hydrogen) atoms. The van der Waals surface area contributed by atoms with Crippen LogP contribution in [0.15, 0.2) is 60.7 Å². The number of carbonyl (C=O) groups excluding carboxylic acids is 2. The lowest BCUT2D eigenvalue weighted by Gasteiger charge is -2.25. The van der Waals surface area contributed by atoms with Crippen LogP contribution in [0.1, 0.15) is 69.7 Å². The average molecular weight is 610 g/mol. The molecule has 9 nitrogen and oxygen atoms in total. The maximum Gasteiger partial charge on any atom is 0.224 e. The summed E-state index contributed by atoms with van der Waals surface area (Å²) in [5.74, 6) is 1.55. The van der Waals surface area contributed by atoms with Crippen LogP contribution in [-0.2, 0) is 22.6 Å². The number of aryl methyl sites for hydroxylation is 1. The van der Waals surface area contributed by atoms with E-state index in [1.165, 1.54) is 0 Å². The fraction of sp³-hybridized carbons (Fsp3) is 0.353. The standard InChI is InChI=1S/C34H36ClN7O2/c1-2-3-6-31-37-29-14-12-26(36-32(44)21-34(17-18-43)15-4-5-16-34)20-30(29)42(31)22-23-7-9-24(10-8-23)27-13-11-25(35)19-28(27)33-38-40-41-39-33/h7-14,18-20H,2-6,15-17,21-22H2,1H3,(H,36,44)(H,38,39,40,41). The van der Waals surface area contributed by atoms with Crippen molar-refractivity contribution in [2.24, 2.45) is 5.41 Å². The summed E-state index contributed by atoms with van der Waals surface area (Å²) < 4.78 is 2.26. The van der Waals surface area contributed by atoms with Gasteiger partial charge in [-0.15, -0.1) is 5.10 Å². The molecule has 0 atom stereocenters. The number of carbonyl (C=O) groups is 2. The maximum atomic E-state index is 13.1. The number of nitrogens with zero attached hydrogens (tertiary/aromatic N) is 5. The molecule has 0 spiro atoms. The lowest BCUT2D eigenvalue weighted by atomic mass is 9.80. The van der Waals surface area contributed by atoms with Crippen LogP contribution < -0.4 is 5.32 Å². The summed E-state index contributed by atoms with van der Waals surface area (Å²) in [6.07, 6.45) is 8.80. The van der Waals surface area contributed by atoms with Crippen molar-refractivity contribution in [1.82, 2.24) is 30.2 Å². The number of aldehydes is 1. The van der Waals surface area contributed by atoms with E-state index in [9.17, 15) is 9.59 Å². The Morgan fingerprint density at radius 3 is 2.61 bits per heavy atom. The number of halogens is 1.